The van der Waals surface area contributed by atoms with Gasteiger partial charge < -0.3 is 24.7 Å². The maximum atomic E-state index is 12.9. The van der Waals surface area contributed by atoms with E-state index in [0.717, 1.165) is 84.0 Å². The van der Waals surface area contributed by atoms with E-state index in [4.69, 9.17) is 20.2 Å². The molecule has 0 radical (unpaired) electrons. The van der Waals surface area contributed by atoms with Crippen LogP contribution in [0.5, 0.6) is 5.75 Å². The summed E-state index contributed by atoms with van der Waals surface area (Å²) in [7, 11) is 5.26. The molecular formula is C30H37N5O3. The molecule has 8 heteroatoms. The van der Waals surface area contributed by atoms with E-state index in [2.05, 4.69) is 35.0 Å². The number of nitrogens with two attached hydrogens (primary N) is 1. The molecule has 4 heterocycles. The summed E-state index contributed by atoms with van der Waals surface area (Å²) in [6.45, 7) is 6.40. The van der Waals surface area contributed by atoms with E-state index in [-0.39, 0.29) is 5.56 Å². The molecule has 1 atom stereocenters. The Kier molecular flexibility index (Phi) is 7.25. The Balaban J connectivity index is 1.76. The van der Waals surface area contributed by atoms with Crippen LogP contribution in [0.25, 0.3) is 16.5 Å². The molecule has 0 spiro atoms. The molecule has 2 N–H and O–H groups in total. The highest BCUT2D eigenvalue weighted by Crippen LogP contribution is 2.45. The normalized spacial score (nSPS) is 18.8. The molecule has 0 amide bonds. The first kappa shape index (κ1) is 26.0. The highest BCUT2D eigenvalue weighted by molar-refractivity contribution is 6.11. The summed E-state index contributed by atoms with van der Waals surface area (Å²) in [5.41, 5.74) is 12.6. The van der Waals surface area contributed by atoms with Crippen molar-refractivity contribution in [2.24, 2.45) is 17.8 Å². The summed E-state index contributed by atoms with van der Waals surface area (Å²) in [5.74, 6) is 2.26. The van der Waals surface area contributed by atoms with Crippen molar-refractivity contribution in [3.63, 3.8) is 0 Å². The molecule has 1 aromatic carbocycles. The van der Waals surface area contributed by atoms with Crippen LogP contribution in [0.4, 0.5) is 11.5 Å². The molecule has 1 unspecified atom stereocenters. The van der Waals surface area contributed by atoms with Gasteiger partial charge in [0.25, 0.3) is 5.56 Å². The second kappa shape index (κ2) is 10.6. The van der Waals surface area contributed by atoms with Gasteiger partial charge in [0, 0.05) is 91.7 Å². The molecule has 8 nitrogen and oxygen atoms in total. The third-order valence-corrected chi connectivity index (χ3v) is 8.01. The van der Waals surface area contributed by atoms with Crippen LogP contribution < -0.4 is 20.9 Å². The number of aryl methyl sites for hydroxylation is 2. The van der Waals surface area contributed by atoms with E-state index in [1.54, 1.807) is 31.1 Å². The molecule has 0 aliphatic carbocycles. The number of anilines is 2. The van der Waals surface area contributed by atoms with E-state index in [0.29, 0.717) is 17.4 Å². The van der Waals surface area contributed by atoms with Crippen LogP contribution in [0.1, 0.15) is 60.4 Å². The molecule has 5 rings (SSSR count). The van der Waals surface area contributed by atoms with Crippen molar-refractivity contribution >= 4 is 34.2 Å². The predicted molar refractivity (Wildman–Crippen MR) is 154 cm³/mol. The van der Waals surface area contributed by atoms with Crippen molar-refractivity contribution in [1.29, 1.82) is 0 Å². The summed E-state index contributed by atoms with van der Waals surface area (Å²) < 4.78 is 13.2. The number of benzene rings is 1. The number of hydrogen-bond acceptors (Lipinski definition) is 7. The first-order chi connectivity index (χ1) is 18.4. The number of methoxy groups -OCH3 is 1. The number of nitrogens with zero attached hydrogens (tertiary/aromatic N) is 4. The zero-order chi connectivity index (χ0) is 27.0. The van der Waals surface area contributed by atoms with Gasteiger partial charge in [0.1, 0.15) is 11.6 Å². The fraction of sp³-hybridized carbons (Fsp3) is 0.433. The van der Waals surface area contributed by atoms with Crippen LogP contribution in [0.2, 0.25) is 0 Å². The number of rotatable bonds is 5. The smallest absolute Gasteiger partial charge is 0.253 e. The molecule has 1 saturated heterocycles. The van der Waals surface area contributed by atoms with Gasteiger partial charge >= 0.3 is 0 Å². The molecule has 3 aromatic rings. The van der Waals surface area contributed by atoms with Gasteiger partial charge in [-0.05, 0) is 55.9 Å². The first-order valence-electron chi connectivity index (χ1n) is 13.3. The van der Waals surface area contributed by atoms with Gasteiger partial charge in [0.15, 0.2) is 0 Å². The highest BCUT2D eigenvalue weighted by atomic mass is 16.5. The summed E-state index contributed by atoms with van der Waals surface area (Å²) in [6.07, 6.45) is 6.15. The van der Waals surface area contributed by atoms with Crippen LogP contribution in [-0.4, -0.2) is 49.7 Å². The first-order valence-corrected chi connectivity index (χ1v) is 13.3. The molecule has 0 bridgehead atoms. The topological polar surface area (TPSA) is 95.0 Å². The number of aromatic nitrogens is 2. The molecular weight excluding hydrogens is 478 g/mol. The van der Waals surface area contributed by atoms with Crippen molar-refractivity contribution < 1.29 is 9.47 Å². The van der Waals surface area contributed by atoms with Crippen molar-refractivity contribution in [3.05, 3.63) is 63.2 Å². The SMILES string of the molecule is CN=C/C(=C\N)c1cc2c(cc1OC)N(c1nc(C3CCOCC3)cc3c1cc(C)c(=O)n3C)CCC2C. The van der Waals surface area contributed by atoms with Gasteiger partial charge in [0.05, 0.1) is 12.6 Å². The number of hydrogen-bond donors (Lipinski definition) is 1. The average molecular weight is 516 g/mol. The third-order valence-electron chi connectivity index (χ3n) is 8.01. The average Bonchev–Trinajstić information content (AvgIpc) is 2.94. The van der Waals surface area contributed by atoms with Gasteiger partial charge in [-0.25, -0.2) is 4.98 Å². The van der Waals surface area contributed by atoms with E-state index < -0.39 is 0 Å². The monoisotopic (exact) mass is 515 g/mol. The number of allylic oxidation sites excluding steroid dienone is 1. The molecule has 2 aromatic heterocycles. The lowest BCUT2D eigenvalue weighted by molar-refractivity contribution is 0.0845. The Morgan fingerprint density at radius 2 is 1.97 bits per heavy atom. The van der Waals surface area contributed by atoms with E-state index >= 15 is 0 Å². The van der Waals surface area contributed by atoms with Crippen molar-refractivity contribution in [2.45, 2.75) is 44.9 Å². The molecule has 2 aliphatic heterocycles. The predicted octanol–water partition coefficient (Wildman–Crippen LogP) is 4.79. The zero-order valence-corrected chi connectivity index (χ0v) is 23.0. The van der Waals surface area contributed by atoms with Gasteiger partial charge in [-0.2, -0.15) is 0 Å². The lowest BCUT2D eigenvalue weighted by atomic mass is 9.88. The largest absolute Gasteiger partial charge is 0.496 e. The summed E-state index contributed by atoms with van der Waals surface area (Å²) in [6, 6.07) is 8.37. The Morgan fingerprint density at radius 1 is 1.21 bits per heavy atom. The fourth-order valence-corrected chi connectivity index (χ4v) is 5.79. The van der Waals surface area contributed by atoms with E-state index in [9.17, 15) is 4.79 Å². The molecule has 200 valence electrons. The van der Waals surface area contributed by atoms with Gasteiger partial charge in [-0.3, -0.25) is 9.79 Å². The molecule has 38 heavy (non-hydrogen) atoms. The minimum absolute atomic E-state index is 0.0187. The van der Waals surface area contributed by atoms with Crippen LogP contribution in [0.3, 0.4) is 0 Å². The van der Waals surface area contributed by atoms with Gasteiger partial charge in [0.2, 0.25) is 0 Å². The Hall–Kier alpha value is -3.65. The van der Waals surface area contributed by atoms with Crippen LogP contribution in [-0.2, 0) is 11.8 Å². The summed E-state index contributed by atoms with van der Waals surface area (Å²) in [4.78, 5) is 24.7. The molecule has 1 fully saturated rings. The zero-order valence-electron chi connectivity index (χ0n) is 23.0. The summed E-state index contributed by atoms with van der Waals surface area (Å²) in [5, 5.41) is 0.976. The van der Waals surface area contributed by atoms with Crippen LogP contribution in [0.15, 0.2) is 40.3 Å². The van der Waals surface area contributed by atoms with Crippen LogP contribution >= 0.6 is 0 Å². The number of pyridine rings is 2. The number of fused-ring (bicyclic) bond motifs is 2. The quantitative estimate of drug-likeness (QED) is 0.491. The fourth-order valence-electron chi connectivity index (χ4n) is 5.79. The Bertz CT molecular complexity index is 1480. The lowest BCUT2D eigenvalue weighted by Gasteiger charge is -2.36. The number of ether oxygens (including phenoxy) is 2. The maximum absolute atomic E-state index is 12.9. The second-order valence-corrected chi connectivity index (χ2v) is 10.3. The van der Waals surface area contributed by atoms with E-state index in [1.807, 2.05) is 20.0 Å². The highest BCUT2D eigenvalue weighted by Gasteiger charge is 2.29. The maximum Gasteiger partial charge on any atom is 0.253 e. The second-order valence-electron chi connectivity index (χ2n) is 10.3. The van der Waals surface area contributed by atoms with Crippen molar-refractivity contribution in [2.75, 3.05) is 38.8 Å². The minimum atomic E-state index is 0.0187. The number of aliphatic imine (C=N–C) groups is 1. The van der Waals surface area contributed by atoms with Gasteiger partial charge in [-0.1, -0.05) is 6.92 Å². The standard InChI is InChI=1S/C30H37N5O3/c1-18-6-9-35(27-15-28(37-5)23(13-22(18)27)21(16-31)17-32-3)29-24-12-19(2)30(36)34(4)26(24)14-25(33-29)20-7-10-38-11-8-20/h12-18,20H,6-11,31H2,1-5H3/b21-16+,32-17?. The molecule has 0 saturated carbocycles. The molecule has 2 aliphatic rings. The summed E-state index contributed by atoms with van der Waals surface area (Å²) >= 11 is 0. The van der Waals surface area contributed by atoms with Crippen molar-refractivity contribution in [3.8, 4) is 5.75 Å². The Morgan fingerprint density at radius 3 is 2.66 bits per heavy atom. The van der Waals surface area contributed by atoms with Crippen molar-refractivity contribution in [1.82, 2.24) is 9.55 Å². The van der Waals surface area contributed by atoms with Crippen LogP contribution in [0, 0.1) is 6.92 Å². The lowest BCUT2D eigenvalue weighted by Crippen LogP contribution is -2.29. The Labute approximate surface area is 223 Å². The third kappa shape index (κ3) is 4.47. The minimum Gasteiger partial charge on any atom is -0.496 e. The van der Waals surface area contributed by atoms with E-state index in [1.165, 1.54) is 5.56 Å². The van der Waals surface area contributed by atoms with Gasteiger partial charge in [-0.15, -0.1) is 0 Å².